The van der Waals surface area contributed by atoms with Gasteiger partial charge in [0.25, 0.3) is 0 Å². The fourth-order valence-corrected chi connectivity index (χ4v) is 0.209. The van der Waals surface area contributed by atoms with Crippen LogP contribution in [-0.2, 0) is 4.74 Å². The van der Waals surface area contributed by atoms with Crippen LogP contribution in [0.5, 0.6) is 0 Å². The number of hydrogen-bond donors (Lipinski definition) is 1. The van der Waals surface area contributed by atoms with Crippen LogP contribution in [0.4, 0.5) is 0 Å². The van der Waals surface area contributed by atoms with Crippen molar-refractivity contribution in [1.82, 2.24) is 0 Å². The minimum atomic E-state index is 0. The second-order valence-corrected chi connectivity index (χ2v) is 1.07. The molecular formula is C4H11NaO2. The van der Waals surface area contributed by atoms with Crippen molar-refractivity contribution < 1.29 is 9.84 Å². The third-order valence-electron chi connectivity index (χ3n) is 0.507. The Bertz CT molecular complexity index is 21.7. The summed E-state index contributed by atoms with van der Waals surface area (Å²) in [5, 5.41) is 8.12. The van der Waals surface area contributed by atoms with Gasteiger partial charge in [-0.2, -0.15) is 0 Å². The van der Waals surface area contributed by atoms with E-state index in [0.717, 1.165) is 6.42 Å². The van der Waals surface area contributed by atoms with Crippen LogP contribution in [-0.4, -0.2) is 55.0 Å². The Kier molecular flexibility index (Phi) is 15.5. The number of methoxy groups -OCH3 is 1. The van der Waals surface area contributed by atoms with Gasteiger partial charge in [-0.1, -0.05) is 0 Å². The van der Waals surface area contributed by atoms with Gasteiger partial charge in [-0.3, -0.25) is 0 Å². The van der Waals surface area contributed by atoms with Crippen molar-refractivity contribution in [2.24, 2.45) is 0 Å². The summed E-state index contributed by atoms with van der Waals surface area (Å²) in [7, 11) is 1.62. The van der Waals surface area contributed by atoms with Crippen LogP contribution in [0.1, 0.15) is 6.42 Å². The molecule has 0 rings (SSSR count). The number of aliphatic hydroxyl groups excluding tert-OH is 1. The van der Waals surface area contributed by atoms with Gasteiger partial charge in [0.2, 0.25) is 0 Å². The Hall–Kier alpha value is 0.920. The molecule has 7 heavy (non-hydrogen) atoms. The van der Waals surface area contributed by atoms with E-state index >= 15 is 0 Å². The normalized spacial score (nSPS) is 7.71. The molecule has 0 aromatic heterocycles. The molecule has 0 saturated heterocycles. The second-order valence-electron chi connectivity index (χ2n) is 1.07. The Morgan fingerprint density at radius 3 is 2.29 bits per heavy atom. The molecule has 40 valence electrons. The van der Waals surface area contributed by atoms with Gasteiger partial charge >= 0.3 is 29.6 Å². The summed E-state index contributed by atoms with van der Waals surface area (Å²) in [6.45, 7) is 0.893. The van der Waals surface area contributed by atoms with E-state index in [0.29, 0.717) is 6.61 Å². The molecule has 0 radical (unpaired) electrons. The number of rotatable bonds is 3. The van der Waals surface area contributed by atoms with Crippen LogP contribution in [0.2, 0.25) is 0 Å². The Morgan fingerprint density at radius 2 is 2.14 bits per heavy atom. The van der Waals surface area contributed by atoms with E-state index in [1.165, 1.54) is 0 Å². The summed E-state index contributed by atoms with van der Waals surface area (Å²) in [5.74, 6) is 0. The molecule has 0 aliphatic carbocycles. The van der Waals surface area contributed by atoms with Crippen LogP contribution in [0.15, 0.2) is 0 Å². The minimum absolute atomic E-state index is 0. The van der Waals surface area contributed by atoms with Crippen LogP contribution >= 0.6 is 0 Å². The Labute approximate surface area is 66.2 Å². The van der Waals surface area contributed by atoms with Gasteiger partial charge in [0, 0.05) is 20.3 Å². The zero-order valence-electron chi connectivity index (χ0n) is 3.98. The molecule has 0 bridgehead atoms. The average molecular weight is 114 g/mol. The fourth-order valence-electron chi connectivity index (χ4n) is 0.209. The summed E-state index contributed by atoms with van der Waals surface area (Å²) in [4.78, 5) is 0. The van der Waals surface area contributed by atoms with Gasteiger partial charge in [-0.15, -0.1) is 0 Å². The summed E-state index contributed by atoms with van der Waals surface area (Å²) in [5.41, 5.74) is 0. The van der Waals surface area contributed by atoms with Gasteiger partial charge < -0.3 is 9.84 Å². The van der Waals surface area contributed by atoms with Crippen molar-refractivity contribution in [2.45, 2.75) is 6.42 Å². The third-order valence-corrected chi connectivity index (χ3v) is 0.507. The van der Waals surface area contributed by atoms with E-state index in [9.17, 15) is 0 Å². The SMILES string of the molecule is COCCCO.[NaH]. The summed E-state index contributed by atoms with van der Waals surface area (Å²) in [6, 6.07) is 0. The first-order chi connectivity index (χ1) is 2.91. The number of hydrogen-bond acceptors (Lipinski definition) is 2. The molecule has 0 aliphatic heterocycles. The Balaban J connectivity index is 0. The molecule has 0 spiro atoms. The van der Waals surface area contributed by atoms with Crippen molar-refractivity contribution in [3.8, 4) is 0 Å². The van der Waals surface area contributed by atoms with E-state index in [2.05, 4.69) is 4.74 Å². The first-order valence-electron chi connectivity index (χ1n) is 2.01. The summed E-state index contributed by atoms with van der Waals surface area (Å²) < 4.78 is 4.62. The molecule has 3 heteroatoms. The molecule has 1 N–H and O–H groups in total. The quantitative estimate of drug-likeness (QED) is 0.391. The van der Waals surface area contributed by atoms with E-state index in [-0.39, 0.29) is 36.2 Å². The molecule has 0 atom stereocenters. The van der Waals surface area contributed by atoms with Crippen molar-refractivity contribution >= 4 is 29.6 Å². The molecule has 0 aliphatic rings. The van der Waals surface area contributed by atoms with Crippen molar-refractivity contribution in [3.63, 3.8) is 0 Å². The first kappa shape index (κ1) is 10.8. The first-order valence-corrected chi connectivity index (χ1v) is 2.01. The zero-order valence-corrected chi connectivity index (χ0v) is 3.98. The molecule has 0 amide bonds. The van der Waals surface area contributed by atoms with E-state index < -0.39 is 0 Å². The fraction of sp³-hybridized carbons (Fsp3) is 1.00. The van der Waals surface area contributed by atoms with E-state index in [1.54, 1.807) is 7.11 Å². The van der Waals surface area contributed by atoms with Crippen LogP contribution in [0, 0.1) is 0 Å². The van der Waals surface area contributed by atoms with E-state index in [1.807, 2.05) is 0 Å². The summed E-state index contributed by atoms with van der Waals surface area (Å²) in [6.07, 6.45) is 0.747. The van der Waals surface area contributed by atoms with Gasteiger partial charge in [0.1, 0.15) is 0 Å². The molecule has 2 nitrogen and oxygen atoms in total. The van der Waals surface area contributed by atoms with Gasteiger partial charge in [-0.05, 0) is 6.42 Å². The zero-order chi connectivity index (χ0) is 4.83. The molecule has 0 aromatic carbocycles. The van der Waals surface area contributed by atoms with Crippen LogP contribution in [0.25, 0.3) is 0 Å². The standard InChI is InChI=1S/C4H10O2.Na.H/c1-6-4-2-3-5;;/h5H,2-4H2,1H3;;. The third kappa shape index (κ3) is 10.9. The van der Waals surface area contributed by atoms with Gasteiger partial charge in [-0.25, -0.2) is 0 Å². The molecule has 0 aromatic rings. The van der Waals surface area contributed by atoms with Crippen LogP contribution < -0.4 is 0 Å². The van der Waals surface area contributed by atoms with E-state index in [4.69, 9.17) is 5.11 Å². The number of aliphatic hydroxyl groups is 1. The van der Waals surface area contributed by atoms with Gasteiger partial charge in [0.15, 0.2) is 0 Å². The Morgan fingerprint density at radius 1 is 1.57 bits per heavy atom. The van der Waals surface area contributed by atoms with Crippen molar-refractivity contribution in [3.05, 3.63) is 0 Å². The average Bonchev–Trinajstić information content (AvgIpc) is 1.61. The molecule has 0 fully saturated rings. The van der Waals surface area contributed by atoms with Gasteiger partial charge in [0.05, 0.1) is 0 Å². The maximum atomic E-state index is 8.12. The summed E-state index contributed by atoms with van der Waals surface area (Å²) >= 11 is 0. The molecule has 0 saturated carbocycles. The number of ether oxygens (including phenoxy) is 1. The molecule has 0 unspecified atom stereocenters. The maximum absolute atomic E-state index is 8.12. The second kappa shape index (κ2) is 10.0. The van der Waals surface area contributed by atoms with Crippen LogP contribution in [0.3, 0.4) is 0 Å². The molecule has 0 heterocycles. The predicted octanol–water partition coefficient (Wildman–Crippen LogP) is -0.633. The van der Waals surface area contributed by atoms with Crippen molar-refractivity contribution in [2.75, 3.05) is 20.3 Å². The predicted molar refractivity (Wildman–Crippen MR) is 30.7 cm³/mol. The molecular weight excluding hydrogens is 103 g/mol. The monoisotopic (exact) mass is 114 g/mol. The van der Waals surface area contributed by atoms with Crippen molar-refractivity contribution in [1.29, 1.82) is 0 Å². The topological polar surface area (TPSA) is 29.5 Å².